The first-order valence-corrected chi connectivity index (χ1v) is 12.2. The van der Waals surface area contributed by atoms with Gasteiger partial charge in [-0.1, -0.05) is 48.5 Å². The van der Waals surface area contributed by atoms with Gasteiger partial charge in [-0.2, -0.15) is 0 Å². The molecule has 1 heterocycles. The van der Waals surface area contributed by atoms with Gasteiger partial charge in [0.15, 0.2) is 0 Å². The Bertz CT molecular complexity index is 1040. The molecule has 1 aliphatic carbocycles. The summed E-state index contributed by atoms with van der Waals surface area (Å²) in [6.07, 6.45) is -0.346. The zero-order valence-corrected chi connectivity index (χ0v) is 20.2. The number of benzene rings is 2. The Morgan fingerprint density at radius 1 is 1.06 bits per heavy atom. The number of carbonyl (C=O) groups is 3. The molecule has 2 atom stereocenters. The first-order chi connectivity index (χ1) is 16.8. The summed E-state index contributed by atoms with van der Waals surface area (Å²) in [7, 11) is 0. The van der Waals surface area contributed by atoms with Crippen molar-refractivity contribution in [3.63, 3.8) is 0 Å². The highest BCUT2D eigenvalue weighted by Crippen LogP contribution is 2.44. The molecule has 3 N–H and O–H groups in total. The number of hydrogen-bond donors (Lipinski definition) is 3. The van der Waals surface area contributed by atoms with Crippen molar-refractivity contribution < 1.29 is 24.2 Å². The number of alkyl carbamates (subject to hydrolysis) is 1. The first-order valence-electron chi connectivity index (χ1n) is 12.2. The Labute approximate surface area is 205 Å². The van der Waals surface area contributed by atoms with Crippen molar-refractivity contribution in [2.24, 2.45) is 5.92 Å². The van der Waals surface area contributed by atoms with Crippen LogP contribution in [-0.4, -0.2) is 66.3 Å². The molecule has 2 aliphatic rings. The van der Waals surface area contributed by atoms with Crippen LogP contribution in [0.1, 0.15) is 43.7 Å². The second kappa shape index (κ2) is 10.9. The van der Waals surface area contributed by atoms with E-state index in [-0.39, 0.29) is 12.5 Å². The van der Waals surface area contributed by atoms with Gasteiger partial charge in [0.05, 0.1) is 6.42 Å². The maximum Gasteiger partial charge on any atom is 0.407 e. The van der Waals surface area contributed by atoms with Gasteiger partial charge in [0.2, 0.25) is 5.91 Å². The van der Waals surface area contributed by atoms with Gasteiger partial charge >= 0.3 is 12.1 Å². The maximum atomic E-state index is 12.7. The van der Waals surface area contributed by atoms with E-state index in [0.29, 0.717) is 18.5 Å². The lowest BCUT2D eigenvalue weighted by molar-refractivity contribution is -0.139. The normalized spacial score (nSPS) is 18.1. The smallest absolute Gasteiger partial charge is 0.407 e. The Kier molecular flexibility index (Phi) is 7.70. The standard InChI is InChI=1S/C27H33N3O5/c1-17(2)30-12-11-18(15-30)14-28-26(33)24(13-25(31)32)29-27(34)35-16-23-21-9-5-3-7-19(21)20-8-4-6-10-22(20)23/h3-10,17-18,23-24H,11-16H2,1-2H3,(H,28,33)(H,29,34)(H,31,32). The average molecular weight is 480 g/mol. The van der Waals surface area contributed by atoms with Crippen molar-refractivity contribution in [1.82, 2.24) is 15.5 Å². The van der Waals surface area contributed by atoms with Crippen LogP contribution in [0.3, 0.4) is 0 Å². The van der Waals surface area contributed by atoms with E-state index in [4.69, 9.17) is 4.74 Å². The summed E-state index contributed by atoms with van der Waals surface area (Å²) in [5.41, 5.74) is 4.38. The van der Waals surface area contributed by atoms with Gasteiger partial charge < -0.3 is 25.4 Å². The minimum absolute atomic E-state index is 0.0916. The number of amides is 2. The number of likely N-dealkylation sites (tertiary alicyclic amines) is 1. The number of carbonyl (C=O) groups excluding carboxylic acids is 2. The van der Waals surface area contributed by atoms with Crippen molar-refractivity contribution in [2.75, 3.05) is 26.2 Å². The number of carboxylic acid groups (broad SMARTS) is 1. The van der Waals surface area contributed by atoms with Crippen LogP contribution < -0.4 is 10.6 Å². The molecule has 2 aromatic carbocycles. The van der Waals surface area contributed by atoms with Crippen LogP contribution in [0.15, 0.2) is 48.5 Å². The number of aliphatic carboxylic acids is 1. The predicted octanol–water partition coefficient (Wildman–Crippen LogP) is 3.21. The fourth-order valence-corrected chi connectivity index (χ4v) is 5.03. The fourth-order valence-electron chi connectivity index (χ4n) is 5.03. The van der Waals surface area contributed by atoms with E-state index in [9.17, 15) is 19.5 Å². The number of fused-ring (bicyclic) bond motifs is 3. The number of rotatable bonds is 9. The van der Waals surface area contributed by atoms with Crippen LogP contribution in [0.5, 0.6) is 0 Å². The summed E-state index contributed by atoms with van der Waals surface area (Å²) < 4.78 is 5.49. The van der Waals surface area contributed by atoms with Crippen LogP contribution in [0, 0.1) is 5.92 Å². The monoisotopic (exact) mass is 479 g/mol. The van der Waals surface area contributed by atoms with E-state index in [1.165, 1.54) is 0 Å². The molecule has 0 bridgehead atoms. The fraction of sp³-hybridized carbons (Fsp3) is 0.444. The molecule has 0 saturated carbocycles. The van der Waals surface area contributed by atoms with Crippen LogP contribution >= 0.6 is 0 Å². The SMILES string of the molecule is CC(C)N1CCC(CNC(=O)C(CC(=O)O)NC(=O)OCC2c3ccccc3-c3ccccc32)C1. The van der Waals surface area contributed by atoms with Gasteiger partial charge in [-0.05, 0) is 55.0 Å². The molecule has 0 spiro atoms. The van der Waals surface area contributed by atoms with Crippen molar-refractivity contribution >= 4 is 18.0 Å². The number of ether oxygens (including phenoxy) is 1. The summed E-state index contributed by atoms with van der Waals surface area (Å²) in [6.45, 7) is 6.69. The summed E-state index contributed by atoms with van der Waals surface area (Å²) in [4.78, 5) is 39.0. The van der Waals surface area contributed by atoms with Gasteiger partial charge in [0, 0.05) is 25.0 Å². The molecule has 1 aliphatic heterocycles. The van der Waals surface area contributed by atoms with E-state index >= 15 is 0 Å². The topological polar surface area (TPSA) is 108 Å². The van der Waals surface area contributed by atoms with Crippen LogP contribution in [0.25, 0.3) is 11.1 Å². The Hall–Kier alpha value is -3.39. The molecular formula is C27H33N3O5. The van der Waals surface area contributed by atoms with Gasteiger partial charge in [-0.25, -0.2) is 4.79 Å². The van der Waals surface area contributed by atoms with Crippen LogP contribution in [0.4, 0.5) is 4.79 Å². The first kappa shape index (κ1) is 24.7. The van der Waals surface area contributed by atoms with Crippen LogP contribution in [-0.2, 0) is 14.3 Å². The van der Waals surface area contributed by atoms with E-state index in [0.717, 1.165) is 41.8 Å². The lowest BCUT2D eigenvalue weighted by Crippen LogP contribution is -2.49. The van der Waals surface area contributed by atoms with E-state index in [1.807, 2.05) is 48.5 Å². The van der Waals surface area contributed by atoms with E-state index < -0.39 is 30.4 Å². The second-order valence-corrected chi connectivity index (χ2v) is 9.61. The predicted molar refractivity (Wildman–Crippen MR) is 132 cm³/mol. The van der Waals surface area contributed by atoms with Gasteiger partial charge in [-0.15, -0.1) is 0 Å². The molecule has 2 amide bonds. The minimum atomic E-state index is -1.20. The summed E-state index contributed by atoms with van der Waals surface area (Å²) in [5.74, 6) is -1.49. The summed E-state index contributed by atoms with van der Waals surface area (Å²) >= 11 is 0. The van der Waals surface area contributed by atoms with E-state index in [2.05, 4.69) is 29.4 Å². The highest BCUT2D eigenvalue weighted by Gasteiger charge is 2.31. The molecule has 0 aromatic heterocycles. The third-order valence-electron chi connectivity index (χ3n) is 6.94. The van der Waals surface area contributed by atoms with Gasteiger partial charge in [0.1, 0.15) is 12.6 Å². The highest BCUT2D eigenvalue weighted by atomic mass is 16.5. The maximum absolute atomic E-state index is 12.7. The quantitative estimate of drug-likeness (QED) is 0.510. The number of hydrogen-bond acceptors (Lipinski definition) is 5. The molecule has 1 saturated heterocycles. The van der Waals surface area contributed by atoms with Gasteiger partial charge in [0.25, 0.3) is 0 Å². The summed E-state index contributed by atoms with van der Waals surface area (Å²) in [6, 6.07) is 15.2. The zero-order valence-electron chi connectivity index (χ0n) is 20.2. The molecular weight excluding hydrogens is 446 g/mol. The number of nitrogens with zero attached hydrogens (tertiary/aromatic N) is 1. The molecule has 8 heteroatoms. The average Bonchev–Trinajstić information content (AvgIpc) is 3.44. The van der Waals surface area contributed by atoms with Crippen LogP contribution in [0.2, 0.25) is 0 Å². The molecule has 8 nitrogen and oxygen atoms in total. The Morgan fingerprint density at radius 3 is 2.26 bits per heavy atom. The van der Waals surface area contributed by atoms with E-state index in [1.54, 1.807) is 0 Å². The molecule has 35 heavy (non-hydrogen) atoms. The Balaban J connectivity index is 1.33. The summed E-state index contributed by atoms with van der Waals surface area (Å²) in [5, 5.41) is 14.5. The highest BCUT2D eigenvalue weighted by molar-refractivity contribution is 5.89. The van der Waals surface area contributed by atoms with Crippen molar-refractivity contribution in [3.8, 4) is 11.1 Å². The molecule has 186 valence electrons. The number of nitrogens with one attached hydrogen (secondary N) is 2. The third-order valence-corrected chi connectivity index (χ3v) is 6.94. The Morgan fingerprint density at radius 2 is 1.69 bits per heavy atom. The molecule has 1 fully saturated rings. The molecule has 0 radical (unpaired) electrons. The van der Waals surface area contributed by atoms with Gasteiger partial charge in [-0.3, -0.25) is 9.59 Å². The van der Waals surface area contributed by atoms with Crippen molar-refractivity contribution in [2.45, 2.75) is 44.7 Å². The molecule has 2 aromatic rings. The third kappa shape index (κ3) is 5.82. The number of carboxylic acids is 1. The van der Waals surface area contributed by atoms with Crippen molar-refractivity contribution in [1.29, 1.82) is 0 Å². The van der Waals surface area contributed by atoms with Crippen molar-refractivity contribution in [3.05, 3.63) is 59.7 Å². The zero-order chi connectivity index (χ0) is 24.9. The minimum Gasteiger partial charge on any atom is -0.481 e. The largest absolute Gasteiger partial charge is 0.481 e. The lowest BCUT2D eigenvalue weighted by Gasteiger charge is -2.21. The molecule has 4 rings (SSSR count). The lowest BCUT2D eigenvalue weighted by atomic mass is 9.98. The second-order valence-electron chi connectivity index (χ2n) is 9.61. The molecule has 2 unspecified atom stereocenters.